The van der Waals surface area contributed by atoms with E-state index >= 15 is 0 Å². The van der Waals surface area contributed by atoms with Crippen molar-refractivity contribution in [1.82, 2.24) is 4.57 Å². The second-order valence-electron chi connectivity index (χ2n) is 8.39. The number of nitro groups is 1. The van der Waals surface area contributed by atoms with Crippen LogP contribution >= 0.6 is 11.3 Å². The molecule has 0 saturated heterocycles. The quantitative estimate of drug-likeness (QED) is 0.154. The maximum atomic E-state index is 13.7. The van der Waals surface area contributed by atoms with Crippen LogP contribution in [0.25, 0.3) is 17.4 Å². The van der Waals surface area contributed by atoms with Crippen LogP contribution < -0.4 is 14.9 Å². The summed E-state index contributed by atoms with van der Waals surface area (Å²) in [6.07, 6.45) is 3.08. The van der Waals surface area contributed by atoms with Crippen molar-refractivity contribution in [2.75, 3.05) is 6.61 Å². The third-order valence-electron chi connectivity index (χ3n) is 5.93. The van der Waals surface area contributed by atoms with Gasteiger partial charge in [0.05, 0.1) is 26.8 Å². The monoisotopic (exact) mass is 527 g/mol. The van der Waals surface area contributed by atoms with E-state index in [0.29, 0.717) is 32.1 Å². The third kappa shape index (κ3) is 4.64. The molecule has 0 aliphatic carbocycles. The molecule has 10 heteroatoms. The summed E-state index contributed by atoms with van der Waals surface area (Å²) < 4.78 is 13.1. The first kappa shape index (κ1) is 24.8. The summed E-state index contributed by atoms with van der Waals surface area (Å²) in [5, 5.41) is 11.1. The highest BCUT2D eigenvalue weighted by atomic mass is 32.1. The second-order valence-corrected chi connectivity index (χ2v) is 9.40. The lowest BCUT2D eigenvalue weighted by Crippen LogP contribution is -2.39. The van der Waals surface area contributed by atoms with Gasteiger partial charge in [0.2, 0.25) is 0 Å². The molecule has 0 unspecified atom stereocenters. The van der Waals surface area contributed by atoms with E-state index in [-0.39, 0.29) is 23.4 Å². The third-order valence-corrected chi connectivity index (χ3v) is 6.91. The average Bonchev–Trinajstić information content (AvgIpc) is 3.51. The molecule has 0 spiro atoms. The molecule has 190 valence electrons. The molecule has 0 bridgehead atoms. The van der Waals surface area contributed by atoms with Crippen molar-refractivity contribution in [3.8, 4) is 11.3 Å². The average molecular weight is 528 g/mol. The number of carbonyl (C=O) groups excluding carboxylic acids is 1. The highest BCUT2D eigenvalue weighted by Crippen LogP contribution is 2.30. The summed E-state index contributed by atoms with van der Waals surface area (Å²) in [4.78, 5) is 42.3. The standard InChI is InChI=1S/C28H21N3O6S/c1-3-14-36-27(33)24-17(2)29-28-30(25(24)18-8-5-4-6-9-18)26(32)23(38-28)16-21-12-13-22(37-21)19-10-7-11-20(15-19)31(34)35/h3-13,15-16,25H,1,14H2,2H3/b23-16+/t25-/m0/s1. The van der Waals surface area contributed by atoms with E-state index < -0.39 is 16.9 Å². The molecular formula is C28H21N3O6S. The topological polar surface area (TPSA) is 117 Å². The number of hydrogen-bond donors (Lipinski definition) is 0. The minimum atomic E-state index is -0.719. The molecule has 0 fully saturated rings. The largest absolute Gasteiger partial charge is 0.458 e. The zero-order valence-electron chi connectivity index (χ0n) is 20.2. The van der Waals surface area contributed by atoms with E-state index in [4.69, 9.17) is 9.15 Å². The first-order chi connectivity index (χ1) is 18.4. The number of carbonyl (C=O) groups is 1. The number of nitro benzene ring substituents is 1. The molecule has 1 aliphatic heterocycles. The number of thiazole rings is 1. The van der Waals surface area contributed by atoms with Crippen LogP contribution in [0.2, 0.25) is 0 Å². The fourth-order valence-electron chi connectivity index (χ4n) is 4.23. The first-order valence-electron chi connectivity index (χ1n) is 11.6. The Balaban J connectivity index is 1.60. The van der Waals surface area contributed by atoms with E-state index in [9.17, 15) is 19.7 Å². The molecule has 0 saturated carbocycles. The van der Waals surface area contributed by atoms with Crippen molar-refractivity contribution in [2.45, 2.75) is 13.0 Å². The lowest BCUT2D eigenvalue weighted by molar-refractivity contribution is -0.384. The number of esters is 1. The maximum Gasteiger partial charge on any atom is 0.338 e. The van der Waals surface area contributed by atoms with Crippen LogP contribution in [-0.2, 0) is 9.53 Å². The Morgan fingerprint density at radius 2 is 2.00 bits per heavy atom. The summed E-state index contributed by atoms with van der Waals surface area (Å²) in [7, 11) is 0. The van der Waals surface area contributed by atoms with Gasteiger partial charge in [-0.05, 0) is 24.6 Å². The number of rotatable bonds is 7. The van der Waals surface area contributed by atoms with Gasteiger partial charge in [-0.1, -0.05) is 66.5 Å². The first-order valence-corrected chi connectivity index (χ1v) is 12.4. The van der Waals surface area contributed by atoms with Gasteiger partial charge in [-0.25, -0.2) is 9.79 Å². The summed E-state index contributed by atoms with van der Waals surface area (Å²) in [6.45, 7) is 5.34. The Morgan fingerprint density at radius 1 is 1.21 bits per heavy atom. The zero-order valence-corrected chi connectivity index (χ0v) is 21.0. The summed E-state index contributed by atoms with van der Waals surface area (Å²) in [6, 6.07) is 18.0. The lowest BCUT2D eigenvalue weighted by Gasteiger charge is -2.24. The summed E-state index contributed by atoms with van der Waals surface area (Å²) in [5.74, 6) is 0.259. The van der Waals surface area contributed by atoms with Crippen molar-refractivity contribution in [3.05, 3.63) is 132 Å². The fraction of sp³-hybridized carbons (Fsp3) is 0.107. The Kier molecular flexibility index (Phi) is 6.71. The van der Waals surface area contributed by atoms with Crippen LogP contribution in [0, 0.1) is 10.1 Å². The SMILES string of the molecule is C=CCOC(=O)C1=C(C)N=c2s/c(=C/c3ccc(-c4cccc([N+](=O)[O-])c4)o3)c(=O)n2[C@H]1c1ccccc1. The normalized spacial score (nSPS) is 15.1. The van der Waals surface area contributed by atoms with Crippen molar-refractivity contribution in [2.24, 2.45) is 4.99 Å². The Labute approximate surface area is 220 Å². The summed E-state index contributed by atoms with van der Waals surface area (Å²) >= 11 is 1.18. The van der Waals surface area contributed by atoms with Gasteiger partial charge < -0.3 is 9.15 Å². The minimum Gasteiger partial charge on any atom is -0.458 e. The molecule has 2 aromatic heterocycles. The molecule has 1 atom stereocenters. The molecule has 3 heterocycles. The van der Waals surface area contributed by atoms with Gasteiger partial charge in [0.25, 0.3) is 11.2 Å². The van der Waals surface area contributed by atoms with Gasteiger partial charge in [0.1, 0.15) is 18.1 Å². The Hall–Kier alpha value is -4.83. The number of allylic oxidation sites excluding steroid dienone is 1. The molecule has 0 radical (unpaired) electrons. The van der Waals surface area contributed by atoms with Crippen LogP contribution in [0.15, 0.2) is 105 Å². The molecule has 4 aromatic rings. The van der Waals surface area contributed by atoms with Crippen LogP contribution in [0.1, 0.15) is 24.3 Å². The maximum absolute atomic E-state index is 13.7. The van der Waals surface area contributed by atoms with Gasteiger partial charge in [-0.3, -0.25) is 19.5 Å². The lowest BCUT2D eigenvalue weighted by atomic mass is 9.96. The Bertz CT molecular complexity index is 1780. The van der Waals surface area contributed by atoms with Crippen molar-refractivity contribution >= 4 is 29.1 Å². The molecule has 38 heavy (non-hydrogen) atoms. The minimum absolute atomic E-state index is 0.0347. The van der Waals surface area contributed by atoms with Crippen LogP contribution in [0.3, 0.4) is 0 Å². The predicted octanol–water partition coefficient (Wildman–Crippen LogP) is 4.13. The number of benzene rings is 2. The van der Waals surface area contributed by atoms with Gasteiger partial charge in [-0.15, -0.1) is 0 Å². The highest BCUT2D eigenvalue weighted by Gasteiger charge is 2.33. The van der Waals surface area contributed by atoms with E-state index in [1.54, 1.807) is 37.3 Å². The van der Waals surface area contributed by atoms with Gasteiger partial charge in [-0.2, -0.15) is 0 Å². The second kappa shape index (κ2) is 10.3. The van der Waals surface area contributed by atoms with Crippen LogP contribution in [0.4, 0.5) is 5.69 Å². The van der Waals surface area contributed by atoms with Gasteiger partial charge >= 0.3 is 5.97 Å². The van der Waals surface area contributed by atoms with Crippen LogP contribution in [-0.4, -0.2) is 22.1 Å². The zero-order chi connectivity index (χ0) is 26.8. The number of hydrogen-bond acceptors (Lipinski definition) is 8. The predicted molar refractivity (Wildman–Crippen MR) is 142 cm³/mol. The van der Waals surface area contributed by atoms with Crippen molar-refractivity contribution < 1.29 is 18.9 Å². The molecule has 0 N–H and O–H groups in total. The number of fused-ring (bicyclic) bond motifs is 1. The number of non-ortho nitro benzene ring substituents is 1. The van der Waals surface area contributed by atoms with E-state index in [2.05, 4.69) is 11.6 Å². The van der Waals surface area contributed by atoms with Crippen molar-refractivity contribution in [1.29, 1.82) is 0 Å². The number of aromatic nitrogens is 1. The highest BCUT2D eigenvalue weighted by molar-refractivity contribution is 7.07. The van der Waals surface area contributed by atoms with Gasteiger partial charge in [0.15, 0.2) is 4.80 Å². The summed E-state index contributed by atoms with van der Waals surface area (Å²) in [5.41, 5.74) is 1.65. The number of nitrogens with zero attached hydrogens (tertiary/aromatic N) is 3. The molecule has 5 rings (SSSR count). The van der Waals surface area contributed by atoms with E-state index in [0.717, 1.165) is 5.56 Å². The number of furan rings is 1. The molecule has 0 amide bonds. The Morgan fingerprint density at radius 3 is 2.74 bits per heavy atom. The van der Waals surface area contributed by atoms with Crippen LogP contribution in [0.5, 0.6) is 0 Å². The number of ether oxygens (including phenoxy) is 1. The fourth-order valence-corrected chi connectivity index (χ4v) is 5.26. The molecule has 1 aliphatic rings. The van der Waals surface area contributed by atoms with Crippen molar-refractivity contribution in [3.63, 3.8) is 0 Å². The molecule has 9 nitrogen and oxygen atoms in total. The van der Waals surface area contributed by atoms with E-state index in [1.807, 2.05) is 30.3 Å². The smallest absolute Gasteiger partial charge is 0.338 e. The van der Waals surface area contributed by atoms with Gasteiger partial charge in [0, 0.05) is 23.8 Å². The van der Waals surface area contributed by atoms with E-state index in [1.165, 1.54) is 34.1 Å². The molecular weight excluding hydrogens is 506 g/mol. The molecule has 2 aromatic carbocycles.